The highest BCUT2D eigenvalue weighted by atomic mass is 19.1. The molecule has 1 unspecified atom stereocenters. The molecule has 2 aromatic rings. The van der Waals surface area contributed by atoms with Gasteiger partial charge in [-0.2, -0.15) is 0 Å². The average molecular weight is 356 g/mol. The molecule has 6 nitrogen and oxygen atoms in total. The van der Waals surface area contributed by atoms with E-state index in [9.17, 15) is 14.0 Å². The highest BCUT2D eigenvalue weighted by Gasteiger charge is 2.28. The summed E-state index contributed by atoms with van der Waals surface area (Å²) in [6.45, 7) is 0. The summed E-state index contributed by atoms with van der Waals surface area (Å²) in [5, 5.41) is 2.76. The lowest BCUT2D eigenvalue weighted by Gasteiger charge is -2.11. The van der Waals surface area contributed by atoms with Crippen molar-refractivity contribution in [3.8, 4) is 5.75 Å². The number of carbonyl (C=O) groups excluding carboxylic acids is 2. The first-order valence-electron chi connectivity index (χ1n) is 7.91. The third-order valence-corrected chi connectivity index (χ3v) is 4.01. The first kappa shape index (κ1) is 17.6. The lowest BCUT2D eigenvalue weighted by molar-refractivity contribution is -0.142. The molecule has 3 rings (SSSR count). The van der Waals surface area contributed by atoms with Gasteiger partial charge in [0.25, 0.3) is 0 Å². The quantitative estimate of drug-likeness (QED) is 0.854. The van der Waals surface area contributed by atoms with Crippen molar-refractivity contribution >= 4 is 23.3 Å². The molecule has 0 bridgehead atoms. The van der Waals surface area contributed by atoms with Crippen LogP contribution in [-0.4, -0.2) is 37.8 Å². The van der Waals surface area contributed by atoms with Gasteiger partial charge < -0.3 is 14.8 Å². The van der Waals surface area contributed by atoms with Gasteiger partial charge >= 0.3 is 5.97 Å². The topological polar surface area (TPSA) is 77.0 Å². The molecule has 0 aliphatic carbocycles. The summed E-state index contributed by atoms with van der Waals surface area (Å²) in [4.78, 5) is 28.6. The third kappa shape index (κ3) is 3.56. The van der Waals surface area contributed by atoms with Gasteiger partial charge in [-0.3, -0.25) is 14.6 Å². The summed E-state index contributed by atoms with van der Waals surface area (Å²) < 4.78 is 23.6. The van der Waals surface area contributed by atoms with Crippen molar-refractivity contribution in [2.75, 3.05) is 19.5 Å². The van der Waals surface area contributed by atoms with E-state index in [1.54, 1.807) is 30.3 Å². The summed E-state index contributed by atoms with van der Waals surface area (Å²) in [6.07, 6.45) is -0.216. The van der Waals surface area contributed by atoms with E-state index >= 15 is 0 Å². The molecular formula is C19H17FN2O4. The largest absolute Gasteiger partial charge is 0.497 e. The summed E-state index contributed by atoms with van der Waals surface area (Å²) >= 11 is 0. The normalized spacial score (nSPS) is 16.0. The predicted octanol–water partition coefficient (Wildman–Crippen LogP) is 2.56. The minimum atomic E-state index is -0.987. The molecule has 1 aliphatic rings. The zero-order valence-corrected chi connectivity index (χ0v) is 14.3. The maximum absolute atomic E-state index is 13.7. The number of halogens is 1. The summed E-state index contributed by atoms with van der Waals surface area (Å²) in [5.74, 6) is -0.861. The number of carbonyl (C=O) groups is 2. The van der Waals surface area contributed by atoms with Crippen LogP contribution in [0.1, 0.15) is 17.5 Å². The summed E-state index contributed by atoms with van der Waals surface area (Å²) in [5.41, 5.74) is 1.97. The Balaban J connectivity index is 2.17. The van der Waals surface area contributed by atoms with Crippen molar-refractivity contribution < 1.29 is 23.5 Å². The first-order chi connectivity index (χ1) is 12.5. The Bertz CT molecular complexity index is 895. The van der Waals surface area contributed by atoms with Crippen molar-refractivity contribution in [1.29, 1.82) is 0 Å². The molecular weight excluding hydrogens is 339 g/mol. The van der Waals surface area contributed by atoms with Gasteiger partial charge in [0.1, 0.15) is 17.6 Å². The van der Waals surface area contributed by atoms with Crippen LogP contribution in [0.3, 0.4) is 0 Å². The fourth-order valence-corrected chi connectivity index (χ4v) is 2.70. The molecule has 1 atom stereocenters. The van der Waals surface area contributed by atoms with E-state index in [0.29, 0.717) is 28.3 Å². The minimum absolute atomic E-state index is 0.216. The zero-order chi connectivity index (χ0) is 18.7. The van der Waals surface area contributed by atoms with E-state index in [2.05, 4.69) is 15.0 Å². The van der Waals surface area contributed by atoms with Gasteiger partial charge in [-0.05, 0) is 30.3 Å². The van der Waals surface area contributed by atoms with Crippen LogP contribution in [0.5, 0.6) is 5.75 Å². The molecule has 0 spiro atoms. The second kappa shape index (κ2) is 7.35. The van der Waals surface area contributed by atoms with Crippen LogP contribution >= 0.6 is 0 Å². The highest BCUT2D eigenvalue weighted by Crippen LogP contribution is 2.29. The lowest BCUT2D eigenvalue weighted by Crippen LogP contribution is -2.28. The van der Waals surface area contributed by atoms with Crippen molar-refractivity contribution in [2.45, 2.75) is 12.5 Å². The Morgan fingerprint density at radius 2 is 2.04 bits per heavy atom. The van der Waals surface area contributed by atoms with Crippen molar-refractivity contribution in [3.05, 3.63) is 59.4 Å². The van der Waals surface area contributed by atoms with Crippen LogP contribution in [0, 0.1) is 5.82 Å². The second-order valence-electron chi connectivity index (χ2n) is 5.68. The fourth-order valence-electron chi connectivity index (χ4n) is 2.70. The van der Waals surface area contributed by atoms with Gasteiger partial charge in [0.15, 0.2) is 0 Å². The SMILES string of the molecule is COC(=O)CC1N=C(c2cccc(F)c2)c2cc(OC)ccc2NC1=O. The van der Waals surface area contributed by atoms with Crippen molar-refractivity contribution in [1.82, 2.24) is 0 Å². The molecule has 1 N–H and O–H groups in total. The molecule has 2 aromatic carbocycles. The van der Waals surface area contributed by atoms with Crippen LogP contribution in [0.25, 0.3) is 0 Å². The standard InChI is InChI=1S/C19H17FN2O4/c1-25-13-6-7-15-14(9-13)18(11-4-3-5-12(20)8-11)21-16(19(24)22-15)10-17(23)26-2/h3-9,16H,10H2,1-2H3,(H,22,24). The van der Waals surface area contributed by atoms with Crippen LogP contribution < -0.4 is 10.1 Å². The fraction of sp³-hybridized carbons (Fsp3) is 0.211. The number of esters is 1. The van der Waals surface area contributed by atoms with Crippen LogP contribution in [0.2, 0.25) is 0 Å². The number of benzene rings is 2. The Labute approximate surface area is 149 Å². The van der Waals surface area contributed by atoms with Gasteiger partial charge in [-0.15, -0.1) is 0 Å². The van der Waals surface area contributed by atoms with Crippen molar-refractivity contribution in [3.63, 3.8) is 0 Å². The molecule has 1 heterocycles. The van der Waals surface area contributed by atoms with Gasteiger partial charge in [0.05, 0.1) is 32.0 Å². The van der Waals surface area contributed by atoms with E-state index in [-0.39, 0.29) is 6.42 Å². The Morgan fingerprint density at radius 3 is 2.73 bits per heavy atom. The number of methoxy groups -OCH3 is 2. The molecule has 1 amide bonds. The maximum atomic E-state index is 13.7. The third-order valence-electron chi connectivity index (χ3n) is 4.01. The van der Waals surface area contributed by atoms with E-state index in [1.165, 1.54) is 26.4 Å². The van der Waals surface area contributed by atoms with E-state index < -0.39 is 23.7 Å². The van der Waals surface area contributed by atoms with Crippen LogP contribution in [0.4, 0.5) is 10.1 Å². The van der Waals surface area contributed by atoms with E-state index in [4.69, 9.17) is 4.74 Å². The van der Waals surface area contributed by atoms with E-state index in [1.807, 2.05) is 0 Å². The second-order valence-corrected chi connectivity index (χ2v) is 5.68. The van der Waals surface area contributed by atoms with Crippen LogP contribution in [-0.2, 0) is 14.3 Å². The smallest absolute Gasteiger partial charge is 0.308 e. The number of nitrogens with zero attached hydrogens (tertiary/aromatic N) is 1. The van der Waals surface area contributed by atoms with Crippen LogP contribution in [0.15, 0.2) is 47.5 Å². The number of aliphatic imine (C=N–C) groups is 1. The summed E-state index contributed by atoms with van der Waals surface area (Å²) in [6, 6.07) is 10.00. The molecule has 7 heteroatoms. The molecule has 26 heavy (non-hydrogen) atoms. The molecule has 0 saturated carbocycles. The number of rotatable bonds is 4. The number of ether oxygens (including phenoxy) is 2. The van der Waals surface area contributed by atoms with Gasteiger partial charge in [0.2, 0.25) is 5.91 Å². The molecule has 0 saturated heterocycles. The number of hydrogen-bond donors (Lipinski definition) is 1. The number of fused-ring (bicyclic) bond motifs is 1. The van der Waals surface area contributed by atoms with Crippen molar-refractivity contribution in [2.24, 2.45) is 4.99 Å². The lowest BCUT2D eigenvalue weighted by atomic mass is 10.00. The molecule has 0 fully saturated rings. The Hall–Kier alpha value is -3.22. The number of amides is 1. The number of hydrogen-bond acceptors (Lipinski definition) is 5. The zero-order valence-electron chi connectivity index (χ0n) is 14.3. The maximum Gasteiger partial charge on any atom is 0.308 e. The van der Waals surface area contributed by atoms with Gasteiger partial charge in [-0.1, -0.05) is 12.1 Å². The van der Waals surface area contributed by atoms with Gasteiger partial charge in [-0.25, -0.2) is 4.39 Å². The predicted molar refractivity (Wildman–Crippen MR) is 94.1 cm³/mol. The minimum Gasteiger partial charge on any atom is -0.497 e. The molecule has 134 valence electrons. The average Bonchev–Trinajstić information content (AvgIpc) is 2.77. The number of benzodiazepines with no additional fused rings is 1. The highest BCUT2D eigenvalue weighted by molar-refractivity contribution is 6.20. The number of anilines is 1. The molecule has 0 radical (unpaired) electrons. The monoisotopic (exact) mass is 356 g/mol. The Kier molecular flexibility index (Phi) is 4.97. The van der Waals surface area contributed by atoms with Gasteiger partial charge in [0, 0.05) is 11.1 Å². The molecule has 0 aromatic heterocycles. The first-order valence-corrected chi connectivity index (χ1v) is 7.91. The number of nitrogens with one attached hydrogen (secondary N) is 1. The summed E-state index contributed by atoms with van der Waals surface area (Å²) in [7, 11) is 2.77. The Morgan fingerprint density at radius 1 is 1.23 bits per heavy atom. The van der Waals surface area contributed by atoms with E-state index in [0.717, 1.165) is 0 Å². The molecule has 1 aliphatic heterocycles.